The van der Waals surface area contributed by atoms with Gasteiger partial charge in [0.05, 0.1) is 28.1 Å². The summed E-state index contributed by atoms with van der Waals surface area (Å²) in [6.07, 6.45) is 5.00. The lowest BCUT2D eigenvalue weighted by atomic mass is 9.90. The fourth-order valence-corrected chi connectivity index (χ4v) is 7.68. The Morgan fingerprint density at radius 2 is 1.11 bits per heavy atom. The zero-order valence-corrected chi connectivity index (χ0v) is 28.6. The van der Waals surface area contributed by atoms with E-state index in [4.69, 9.17) is 19.9 Å². The van der Waals surface area contributed by atoms with E-state index in [-0.39, 0.29) is 0 Å². The zero-order chi connectivity index (χ0) is 35.6. The van der Waals surface area contributed by atoms with Gasteiger partial charge < -0.3 is 0 Å². The molecule has 9 heteroatoms. The summed E-state index contributed by atoms with van der Waals surface area (Å²) in [7, 11) is 0. The molecule has 0 saturated carbocycles. The molecule has 0 unspecified atom stereocenters. The molecule has 0 N–H and O–H groups in total. The quantitative estimate of drug-likeness (QED) is 0.176. The highest BCUT2D eigenvalue weighted by Gasteiger charge is 2.30. The van der Waals surface area contributed by atoms with E-state index in [0.29, 0.717) is 23.5 Å². The van der Waals surface area contributed by atoms with Gasteiger partial charge in [-0.15, -0.1) is 0 Å². The maximum atomic E-state index is 5.08. The summed E-state index contributed by atoms with van der Waals surface area (Å²) in [6, 6.07) is 49.8. The molecule has 0 saturated heterocycles. The monoisotopic (exact) mass is 693 g/mol. The Bertz CT molecular complexity index is 3050. The van der Waals surface area contributed by atoms with Crippen LogP contribution in [0.3, 0.4) is 0 Å². The maximum Gasteiger partial charge on any atom is 0.238 e. The number of pyridine rings is 1. The van der Waals surface area contributed by atoms with Gasteiger partial charge in [0.25, 0.3) is 0 Å². The van der Waals surface area contributed by atoms with Crippen molar-refractivity contribution in [3.05, 3.63) is 164 Å². The SMILES string of the molecule is c1ccc(-c2ncnc(N3c4cc5c(cc4-c4cccc6cccc3c46)c3cc(-c4ccccn4)ccc3n5-c3ncnc(-c4ccccc4)n3)n2)cc1. The predicted molar refractivity (Wildman–Crippen MR) is 213 cm³/mol. The molecule has 6 aromatic carbocycles. The molecule has 4 aromatic heterocycles. The highest BCUT2D eigenvalue weighted by Crippen LogP contribution is 2.52. The molecular formula is C45H27N9. The van der Waals surface area contributed by atoms with E-state index in [9.17, 15) is 0 Å². The molecule has 0 atom stereocenters. The second-order valence-corrected chi connectivity index (χ2v) is 13.1. The third-order valence-corrected chi connectivity index (χ3v) is 10.1. The highest BCUT2D eigenvalue weighted by molar-refractivity contribution is 6.19. The van der Waals surface area contributed by atoms with Gasteiger partial charge in [0.1, 0.15) is 12.7 Å². The maximum absolute atomic E-state index is 5.08. The van der Waals surface area contributed by atoms with E-state index in [2.05, 4.69) is 91.1 Å². The van der Waals surface area contributed by atoms with Crippen LogP contribution < -0.4 is 4.90 Å². The Morgan fingerprint density at radius 3 is 1.85 bits per heavy atom. The zero-order valence-electron chi connectivity index (χ0n) is 28.6. The predicted octanol–water partition coefficient (Wildman–Crippen LogP) is 10.2. The first-order valence-electron chi connectivity index (χ1n) is 17.6. The lowest BCUT2D eigenvalue weighted by Gasteiger charge is -2.32. The van der Waals surface area contributed by atoms with Crippen molar-refractivity contribution in [1.82, 2.24) is 39.5 Å². The summed E-state index contributed by atoms with van der Waals surface area (Å²) in [5.74, 6) is 2.24. The van der Waals surface area contributed by atoms with Crippen molar-refractivity contribution in [2.24, 2.45) is 0 Å². The van der Waals surface area contributed by atoms with Crippen LogP contribution >= 0.6 is 0 Å². The fraction of sp³-hybridized carbons (Fsp3) is 0. The molecule has 1 aliphatic heterocycles. The van der Waals surface area contributed by atoms with Gasteiger partial charge in [0.15, 0.2) is 11.6 Å². The second kappa shape index (κ2) is 12.0. The van der Waals surface area contributed by atoms with E-state index in [1.54, 1.807) is 12.7 Å². The van der Waals surface area contributed by atoms with Gasteiger partial charge in [0.2, 0.25) is 11.9 Å². The Balaban J connectivity index is 1.23. The Kier molecular flexibility index (Phi) is 6.65. The van der Waals surface area contributed by atoms with Crippen LogP contribution in [0.25, 0.3) is 83.7 Å². The summed E-state index contributed by atoms with van der Waals surface area (Å²) in [5.41, 5.74) is 9.78. The van der Waals surface area contributed by atoms with Crippen molar-refractivity contribution in [1.29, 1.82) is 0 Å². The van der Waals surface area contributed by atoms with Crippen molar-refractivity contribution in [2.45, 2.75) is 0 Å². The van der Waals surface area contributed by atoms with Crippen LogP contribution in [0.1, 0.15) is 0 Å². The van der Waals surface area contributed by atoms with Crippen LogP contribution in [0, 0.1) is 0 Å². The van der Waals surface area contributed by atoms with Gasteiger partial charge in [0, 0.05) is 44.6 Å². The van der Waals surface area contributed by atoms with E-state index in [0.717, 1.165) is 77.5 Å². The van der Waals surface area contributed by atoms with Crippen LogP contribution in [-0.2, 0) is 0 Å². The standard InChI is InChI=1S/C45H27N9/c1-3-11-29(12-4-1)42-47-26-49-44(51-42)53-37-21-20-31(36-18-7-8-22-46-36)23-33(37)35-24-34-32-17-9-15-28-16-10-19-38(41(28)32)54(39(34)25-40(35)53)45-50-27-48-43(52-45)30-13-5-2-6-14-30/h1-27H. The molecule has 10 aromatic rings. The van der Waals surface area contributed by atoms with Crippen molar-refractivity contribution in [2.75, 3.05) is 4.90 Å². The normalized spacial score (nSPS) is 12.0. The van der Waals surface area contributed by atoms with Crippen molar-refractivity contribution >= 4 is 49.9 Å². The minimum atomic E-state index is 0.519. The number of hydrogen-bond donors (Lipinski definition) is 0. The topological polar surface area (TPSA) is 98.4 Å². The van der Waals surface area contributed by atoms with E-state index in [1.165, 1.54) is 0 Å². The third-order valence-electron chi connectivity index (χ3n) is 10.1. The van der Waals surface area contributed by atoms with Gasteiger partial charge in [-0.25, -0.2) is 19.9 Å². The molecule has 11 rings (SSSR count). The van der Waals surface area contributed by atoms with Gasteiger partial charge in [-0.1, -0.05) is 103 Å². The Morgan fingerprint density at radius 1 is 0.426 bits per heavy atom. The Labute approximate surface area is 309 Å². The lowest BCUT2D eigenvalue weighted by molar-refractivity contribution is 0.946. The number of rotatable bonds is 5. The molecule has 5 heterocycles. The number of hydrogen-bond acceptors (Lipinski definition) is 8. The fourth-order valence-electron chi connectivity index (χ4n) is 7.68. The minimum Gasteiger partial charge on any atom is -0.278 e. The molecule has 9 nitrogen and oxygen atoms in total. The van der Waals surface area contributed by atoms with Crippen LogP contribution in [0.15, 0.2) is 164 Å². The molecule has 1 aliphatic rings. The number of nitrogens with zero attached hydrogens (tertiary/aromatic N) is 9. The van der Waals surface area contributed by atoms with Crippen molar-refractivity contribution < 1.29 is 0 Å². The molecule has 0 radical (unpaired) electrons. The summed E-state index contributed by atoms with van der Waals surface area (Å²) in [6.45, 7) is 0. The highest BCUT2D eigenvalue weighted by atomic mass is 15.3. The summed E-state index contributed by atoms with van der Waals surface area (Å²) in [4.78, 5) is 35.7. The lowest BCUT2D eigenvalue weighted by Crippen LogP contribution is -2.18. The smallest absolute Gasteiger partial charge is 0.238 e. The van der Waals surface area contributed by atoms with Gasteiger partial charge in [-0.3, -0.25) is 14.5 Å². The average Bonchev–Trinajstić information content (AvgIpc) is 3.57. The van der Waals surface area contributed by atoms with E-state index < -0.39 is 0 Å². The molecule has 0 aliphatic carbocycles. The van der Waals surface area contributed by atoms with Crippen LogP contribution in [-0.4, -0.2) is 39.5 Å². The molecule has 252 valence electrons. The van der Waals surface area contributed by atoms with E-state index >= 15 is 0 Å². The minimum absolute atomic E-state index is 0.519. The molecule has 0 spiro atoms. The first-order valence-corrected chi connectivity index (χ1v) is 17.6. The first kappa shape index (κ1) is 30.0. The second-order valence-electron chi connectivity index (χ2n) is 13.1. The Hall–Kier alpha value is -7.65. The molecular weight excluding hydrogens is 667 g/mol. The van der Waals surface area contributed by atoms with Gasteiger partial charge in [-0.2, -0.15) is 9.97 Å². The molecule has 0 amide bonds. The first-order chi connectivity index (χ1) is 26.8. The number of fused-ring (bicyclic) bond motifs is 5. The number of anilines is 3. The van der Waals surface area contributed by atoms with Crippen LogP contribution in [0.5, 0.6) is 0 Å². The van der Waals surface area contributed by atoms with Crippen LogP contribution in [0.2, 0.25) is 0 Å². The molecule has 0 bridgehead atoms. The summed E-state index contributed by atoms with van der Waals surface area (Å²) < 4.78 is 2.13. The van der Waals surface area contributed by atoms with Crippen molar-refractivity contribution in [3.63, 3.8) is 0 Å². The molecule has 0 fully saturated rings. The number of aromatic nitrogens is 8. The van der Waals surface area contributed by atoms with Crippen molar-refractivity contribution in [3.8, 4) is 51.1 Å². The average molecular weight is 694 g/mol. The van der Waals surface area contributed by atoms with Gasteiger partial charge >= 0.3 is 0 Å². The third kappa shape index (κ3) is 4.69. The van der Waals surface area contributed by atoms with Gasteiger partial charge in [-0.05, 0) is 53.4 Å². The summed E-state index contributed by atoms with van der Waals surface area (Å²) >= 11 is 0. The van der Waals surface area contributed by atoms with E-state index in [1.807, 2.05) is 85.1 Å². The molecule has 54 heavy (non-hydrogen) atoms. The number of benzene rings is 6. The van der Waals surface area contributed by atoms with Crippen LogP contribution in [0.4, 0.5) is 17.3 Å². The largest absolute Gasteiger partial charge is 0.278 e. The summed E-state index contributed by atoms with van der Waals surface area (Å²) in [5, 5.41) is 4.38.